The van der Waals surface area contributed by atoms with Crippen molar-refractivity contribution in [3.05, 3.63) is 35.9 Å². The number of aliphatic carboxylic acids is 1. The summed E-state index contributed by atoms with van der Waals surface area (Å²) in [6.07, 6.45) is 4.75. The van der Waals surface area contributed by atoms with E-state index in [4.69, 9.17) is 28.7 Å². The molecule has 12 atom stereocenters. The summed E-state index contributed by atoms with van der Waals surface area (Å²) in [6, 6.07) is -5.14. The van der Waals surface area contributed by atoms with Gasteiger partial charge in [0.1, 0.15) is 66.5 Å². The molecule has 0 aromatic heterocycles. The zero-order valence-electron chi connectivity index (χ0n) is 58.2. The summed E-state index contributed by atoms with van der Waals surface area (Å²) in [6.45, 7) is 20.0. The molecule has 0 radical (unpaired) electrons. The van der Waals surface area contributed by atoms with Crippen LogP contribution in [0.15, 0.2) is 30.3 Å². The van der Waals surface area contributed by atoms with Crippen molar-refractivity contribution >= 4 is 70.9 Å². The molecule has 29 nitrogen and oxygen atoms in total. The van der Waals surface area contributed by atoms with E-state index in [1.54, 1.807) is 0 Å². The first-order valence-electron chi connectivity index (χ1n) is 34.0. The van der Waals surface area contributed by atoms with Crippen molar-refractivity contribution in [1.29, 1.82) is 0 Å². The van der Waals surface area contributed by atoms with Crippen LogP contribution < -0.4 is 87.2 Å². The van der Waals surface area contributed by atoms with Crippen LogP contribution in [0.2, 0.25) is 0 Å². The first-order valence-corrected chi connectivity index (χ1v) is 34.0. The average molecular weight is 1340 g/mol. The number of carbonyl (C=O) groups is 12. The molecular weight excluding hydrogens is 1220 g/mol. The fourth-order valence-electron chi connectivity index (χ4n) is 10.2. The smallest absolute Gasteiger partial charge is 0.326 e. The maximum atomic E-state index is 14.4. The number of nitrogens with one attached hydrogen (secondary N) is 11. The van der Waals surface area contributed by atoms with E-state index in [1.165, 1.54) is 20.8 Å². The van der Waals surface area contributed by atoms with Crippen LogP contribution in [0.3, 0.4) is 0 Å². The Labute approximate surface area is 562 Å². The number of carboxylic acids is 1. The van der Waals surface area contributed by atoms with Crippen molar-refractivity contribution in [3.63, 3.8) is 0 Å². The van der Waals surface area contributed by atoms with Crippen molar-refractivity contribution in [3.8, 4) is 0 Å². The Kier molecular flexibility index (Phi) is 42.1. The molecule has 0 heterocycles. The predicted octanol–water partition coefficient (Wildman–Crippen LogP) is -0.266. The number of nitrogens with two attached hydrogens (primary N) is 5. The van der Waals surface area contributed by atoms with Crippen LogP contribution in [0.25, 0.3) is 0 Å². The highest BCUT2D eigenvalue weighted by Crippen LogP contribution is 2.15. The van der Waals surface area contributed by atoms with Crippen LogP contribution in [0, 0.1) is 23.7 Å². The van der Waals surface area contributed by atoms with Crippen LogP contribution in [-0.2, 0) is 64.0 Å². The minimum Gasteiger partial charge on any atom is -0.480 e. The minimum absolute atomic E-state index is 0.0630. The first kappa shape index (κ1) is 85.7. The van der Waals surface area contributed by atoms with Gasteiger partial charge in [-0.05, 0) is 185 Å². The van der Waals surface area contributed by atoms with Crippen LogP contribution in [0.5, 0.6) is 0 Å². The van der Waals surface area contributed by atoms with Gasteiger partial charge in [-0.2, -0.15) is 0 Å². The van der Waals surface area contributed by atoms with Gasteiger partial charge in [0.05, 0.1) is 6.04 Å². The minimum atomic E-state index is -1.29. The third kappa shape index (κ3) is 35.3. The molecule has 0 bridgehead atoms. The van der Waals surface area contributed by atoms with Gasteiger partial charge in [-0.3, -0.25) is 52.7 Å². The van der Waals surface area contributed by atoms with Gasteiger partial charge in [0.2, 0.25) is 65.0 Å². The van der Waals surface area contributed by atoms with E-state index in [2.05, 4.69) is 58.5 Å². The molecule has 0 unspecified atom stereocenters. The molecule has 1 rings (SSSR count). The molecule has 0 aliphatic carbocycles. The van der Waals surface area contributed by atoms with Gasteiger partial charge >= 0.3 is 5.97 Å². The van der Waals surface area contributed by atoms with Gasteiger partial charge < -0.3 is 92.3 Å². The summed E-state index contributed by atoms with van der Waals surface area (Å²) in [7, 11) is 0. The molecule has 0 aliphatic heterocycles. The lowest BCUT2D eigenvalue weighted by Gasteiger charge is -2.28. The summed E-state index contributed by atoms with van der Waals surface area (Å²) in [5.41, 5.74) is 30.0. The van der Waals surface area contributed by atoms with Gasteiger partial charge in [0.25, 0.3) is 0 Å². The monoisotopic (exact) mass is 1340 g/mol. The molecule has 95 heavy (non-hydrogen) atoms. The highest BCUT2D eigenvalue weighted by molar-refractivity contribution is 5.99. The Balaban J connectivity index is 3.35. The Bertz CT molecular complexity index is 2560. The van der Waals surface area contributed by atoms with Crippen molar-refractivity contribution in [2.45, 2.75) is 258 Å². The lowest BCUT2D eigenvalue weighted by molar-refractivity contribution is -0.143. The van der Waals surface area contributed by atoms with E-state index in [0.29, 0.717) is 64.5 Å². The second-order valence-electron chi connectivity index (χ2n) is 26.5. The molecule has 11 amide bonds. The number of benzene rings is 1. The number of carbonyl (C=O) groups excluding carboxylic acids is 11. The summed E-state index contributed by atoms with van der Waals surface area (Å²) < 4.78 is 0. The lowest BCUT2D eigenvalue weighted by atomic mass is 9.99. The zero-order chi connectivity index (χ0) is 71.9. The summed E-state index contributed by atoms with van der Waals surface area (Å²) in [5.74, 6) is -9.68. The van der Waals surface area contributed by atoms with Crippen LogP contribution in [0.1, 0.15) is 184 Å². The normalized spacial score (nSPS) is 15.2. The number of hydrogen-bond donors (Lipinski definition) is 17. The molecule has 540 valence electrons. The second kappa shape index (κ2) is 46.7. The number of hydrogen-bond acceptors (Lipinski definition) is 17. The molecule has 0 saturated heterocycles. The van der Waals surface area contributed by atoms with E-state index in [1.807, 2.05) is 85.7 Å². The molecule has 0 aliphatic rings. The average Bonchev–Trinajstić information content (AvgIpc) is 1.52. The Hall–Kier alpha value is -7.34. The maximum Gasteiger partial charge on any atom is 0.326 e. The van der Waals surface area contributed by atoms with E-state index in [-0.39, 0.29) is 94.5 Å². The van der Waals surface area contributed by atoms with Crippen molar-refractivity contribution in [2.75, 3.05) is 26.2 Å². The van der Waals surface area contributed by atoms with Crippen molar-refractivity contribution in [1.82, 2.24) is 58.5 Å². The first-order chi connectivity index (χ1) is 44.8. The number of unbranched alkanes of at least 4 members (excludes halogenated alkanes) is 4. The maximum absolute atomic E-state index is 14.4. The Morgan fingerprint density at radius 2 is 0.547 bits per heavy atom. The van der Waals surface area contributed by atoms with E-state index in [9.17, 15) is 62.6 Å². The zero-order valence-corrected chi connectivity index (χ0v) is 58.2. The van der Waals surface area contributed by atoms with Gasteiger partial charge in [0, 0.05) is 0 Å². The lowest BCUT2D eigenvalue weighted by Crippen LogP contribution is -2.60. The highest BCUT2D eigenvalue weighted by Gasteiger charge is 2.36. The molecule has 1 aromatic rings. The number of rotatable bonds is 49. The third-order valence-electron chi connectivity index (χ3n) is 15.6. The van der Waals surface area contributed by atoms with E-state index < -0.39 is 143 Å². The fourth-order valence-corrected chi connectivity index (χ4v) is 10.2. The number of carboxylic acid groups (broad SMARTS) is 1. The van der Waals surface area contributed by atoms with Gasteiger partial charge in [-0.1, -0.05) is 85.7 Å². The van der Waals surface area contributed by atoms with E-state index in [0.717, 1.165) is 5.56 Å². The Morgan fingerprint density at radius 1 is 0.316 bits per heavy atom. The standard InChI is InChI=1S/C66H118N16O13/c1-38(2)33-51(81-65(93)53(35-40(5)6)80-61(89)49(27-17-21-31-69)77-60(88)48(26-16-20-30-68)76-55(83)42(9)72-58(86)46(71)37-45-23-13-12-14-24-45)63(91)74-43(10)56(84)75-47(25-15-19-29-67)59(87)73-44(11)57(85)79-52(34-39(3)4)64(92)78-50(28-18-22-32-70)62(90)82-54(66(94)95)36-41(7)8/h12-14,23-24,38-44,46-54H,15-22,25-37,67-71H2,1-11H3,(H,72,86)(H,73,87)(H,74,91)(H,75,84)(H,76,83)(H,77,88)(H,78,92)(H,79,85)(H,80,89)(H,81,93)(H,82,90)(H,94,95)/t42-,43-,44-,46-,47-,48-,49-,50-,51-,52-,53-,54-/m0/s1. The highest BCUT2D eigenvalue weighted by atomic mass is 16.4. The van der Waals surface area contributed by atoms with Crippen molar-refractivity contribution in [2.24, 2.45) is 52.3 Å². The van der Waals surface area contributed by atoms with Crippen LogP contribution in [0.4, 0.5) is 0 Å². The summed E-state index contributed by atoms with van der Waals surface area (Å²) >= 11 is 0. The fraction of sp³-hybridized carbons (Fsp3) is 0.727. The molecule has 0 fully saturated rings. The van der Waals surface area contributed by atoms with Gasteiger partial charge in [-0.25, -0.2) is 4.79 Å². The molecular formula is C66H118N16O13. The van der Waals surface area contributed by atoms with Gasteiger partial charge in [-0.15, -0.1) is 0 Å². The molecule has 1 aromatic carbocycles. The second-order valence-corrected chi connectivity index (χ2v) is 26.5. The quantitative estimate of drug-likeness (QED) is 0.0374. The SMILES string of the molecule is CC(C)C[C@H](NC(=O)[C@H](CCCCN)NC(=O)[C@H](CC(C)C)NC(=O)[C@H](C)NC(=O)[C@H](CCCCN)NC(=O)[C@H](C)NC(=O)[C@H](CC(C)C)NC(=O)[C@H](CC(C)C)NC(=O)[C@H](CCCCN)NC(=O)[C@H](CCCCN)NC(=O)[C@H](C)NC(=O)[C@@H](N)Cc1ccccc1)C(=O)O. The molecule has 0 spiro atoms. The topological polar surface area (TPSA) is 487 Å². The molecule has 29 heteroatoms. The largest absolute Gasteiger partial charge is 0.480 e. The van der Waals surface area contributed by atoms with Crippen LogP contribution in [-0.4, -0.2) is 175 Å². The third-order valence-corrected chi connectivity index (χ3v) is 15.6. The van der Waals surface area contributed by atoms with Crippen molar-refractivity contribution < 1.29 is 62.6 Å². The summed E-state index contributed by atoms with van der Waals surface area (Å²) in [5, 5.41) is 39.3. The predicted molar refractivity (Wildman–Crippen MR) is 363 cm³/mol. The Morgan fingerprint density at radius 3 is 0.842 bits per heavy atom. The molecule has 22 N–H and O–H groups in total. The van der Waals surface area contributed by atoms with Gasteiger partial charge in [0.15, 0.2) is 0 Å². The van der Waals surface area contributed by atoms with E-state index >= 15 is 0 Å². The van der Waals surface area contributed by atoms with Crippen LogP contribution >= 0.6 is 0 Å². The number of amides is 11. The summed E-state index contributed by atoms with van der Waals surface area (Å²) in [4.78, 5) is 165. The molecule has 0 saturated carbocycles.